The zero-order chi connectivity index (χ0) is 33.6. The number of aliphatic carboxylic acids is 4. The molecule has 0 aliphatic carbocycles. The van der Waals surface area contributed by atoms with Crippen LogP contribution in [0.5, 0.6) is 5.75 Å². The van der Waals surface area contributed by atoms with Crippen molar-refractivity contribution in [3.8, 4) is 5.75 Å². The fourth-order valence-corrected chi connectivity index (χ4v) is 3.63. The second-order valence-corrected chi connectivity index (χ2v) is 9.69. The van der Waals surface area contributed by atoms with Gasteiger partial charge in [0.1, 0.15) is 29.9 Å². The van der Waals surface area contributed by atoms with Crippen molar-refractivity contribution in [1.29, 1.82) is 0 Å². The van der Waals surface area contributed by atoms with Crippen LogP contribution in [-0.4, -0.2) is 103 Å². The fourth-order valence-electron chi connectivity index (χ4n) is 3.63. The van der Waals surface area contributed by atoms with E-state index in [2.05, 4.69) is 21.3 Å². The predicted molar refractivity (Wildman–Crippen MR) is 147 cm³/mol. The summed E-state index contributed by atoms with van der Waals surface area (Å²) in [6, 6.07) is -2.18. The lowest BCUT2D eigenvalue weighted by atomic mass is 10.0. The molecular formula is C26H35N5O13. The topological polar surface area (TPSA) is 312 Å². The Labute approximate surface area is 250 Å². The van der Waals surface area contributed by atoms with Crippen molar-refractivity contribution in [2.45, 2.75) is 75.7 Å². The molecule has 1 aromatic rings. The standard InChI is InChI=1S/C26H35N5O13/c1-12(28-25(42)17(11-21(37)38)30-23(40)15(27)6-8-19(33)34)22(39)29-16(7-9-20(35)36)24(41)31-18(26(43)44)10-13-2-4-14(32)5-3-13/h2-5,12,15-18,32H,6-11,27H2,1H3,(H,28,42)(H,29,39)(H,30,40)(H,31,41)(H,33,34)(H,35,36)(H,37,38)(H,43,44)/t12-,15-,16-,17-,18-/m0/s1. The molecule has 4 amide bonds. The van der Waals surface area contributed by atoms with E-state index in [1.165, 1.54) is 24.3 Å². The van der Waals surface area contributed by atoms with Crippen molar-refractivity contribution in [1.82, 2.24) is 21.3 Å². The molecule has 0 saturated heterocycles. The normalized spacial score (nSPS) is 14.0. The lowest BCUT2D eigenvalue weighted by Gasteiger charge is -2.24. The van der Waals surface area contributed by atoms with Crippen LogP contribution in [0.3, 0.4) is 0 Å². The number of carboxylic acid groups (broad SMARTS) is 4. The smallest absolute Gasteiger partial charge is 0.326 e. The Morgan fingerprint density at radius 3 is 1.68 bits per heavy atom. The van der Waals surface area contributed by atoms with Gasteiger partial charge >= 0.3 is 23.9 Å². The average molecular weight is 626 g/mol. The van der Waals surface area contributed by atoms with Crippen molar-refractivity contribution in [2.75, 3.05) is 0 Å². The van der Waals surface area contributed by atoms with Gasteiger partial charge in [-0.15, -0.1) is 0 Å². The van der Waals surface area contributed by atoms with Crippen LogP contribution in [-0.2, 0) is 44.8 Å². The molecular weight excluding hydrogens is 590 g/mol. The van der Waals surface area contributed by atoms with E-state index in [1.807, 2.05) is 0 Å². The number of nitrogens with two attached hydrogens (primary N) is 1. The number of phenolic OH excluding ortho intramolecular Hbond substituents is 1. The minimum Gasteiger partial charge on any atom is -0.508 e. The van der Waals surface area contributed by atoms with Crippen molar-refractivity contribution < 1.29 is 63.9 Å². The summed E-state index contributed by atoms with van der Waals surface area (Å²) >= 11 is 0. The molecule has 0 fully saturated rings. The summed E-state index contributed by atoms with van der Waals surface area (Å²) in [5.74, 6) is -9.82. The molecule has 0 saturated carbocycles. The molecule has 5 atom stereocenters. The van der Waals surface area contributed by atoms with E-state index in [-0.39, 0.29) is 18.6 Å². The first-order chi connectivity index (χ1) is 20.5. The quantitative estimate of drug-likeness (QED) is 0.0761. The average Bonchev–Trinajstić information content (AvgIpc) is 2.93. The number of carbonyl (C=O) groups is 8. The number of rotatable bonds is 19. The van der Waals surface area contributed by atoms with Gasteiger partial charge in [-0.1, -0.05) is 12.1 Å². The third-order valence-electron chi connectivity index (χ3n) is 6.04. The van der Waals surface area contributed by atoms with E-state index >= 15 is 0 Å². The van der Waals surface area contributed by atoms with Gasteiger partial charge < -0.3 is 52.5 Å². The molecule has 1 aromatic carbocycles. The Balaban J connectivity index is 2.97. The summed E-state index contributed by atoms with van der Waals surface area (Å²) in [5.41, 5.74) is 6.02. The van der Waals surface area contributed by atoms with Gasteiger partial charge in [0, 0.05) is 19.3 Å². The second-order valence-electron chi connectivity index (χ2n) is 9.69. The molecule has 0 bridgehead atoms. The van der Waals surface area contributed by atoms with Crippen molar-refractivity contribution in [3.63, 3.8) is 0 Å². The zero-order valence-corrected chi connectivity index (χ0v) is 23.5. The number of amides is 4. The maximum Gasteiger partial charge on any atom is 0.326 e. The van der Waals surface area contributed by atoms with Crippen LogP contribution in [0, 0.1) is 0 Å². The Kier molecular flexibility index (Phi) is 14.7. The summed E-state index contributed by atoms with van der Waals surface area (Å²) in [6.07, 6.45) is -3.00. The molecule has 0 aliphatic rings. The van der Waals surface area contributed by atoms with Gasteiger partial charge in [0.15, 0.2) is 0 Å². The third kappa shape index (κ3) is 13.6. The van der Waals surface area contributed by atoms with Crippen LogP contribution in [0.15, 0.2) is 24.3 Å². The SMILES string of the molecule is C[C@H](NC(=O)[C@H](CC(=O)O)NC(=O)[C@@H](N)CCC(=O)O)C(=O)N[C@@H](CCC(=O)O)C(=O)N[C@@H](Cc1ccc(O)cc1)C(=O)O. The summed E-state index contributed by atoms with van der Waals surface area (Å²) in [5, 5.41) is 54.6. The molecule has 18 heteroatoms. The van der Waals surface area contributed by atoms with E-state index in [0.717, 1.165) is 6.92 Å². The van der Waals surface area contributed by atoms with Crippen LogP contribution in [0.25, 0.3) is 0 Å². The van der Waals surface area contributed by atoms with Gasteiger partial charge in [0.2, 0.25) is 23.6 Å². The maximum atomic E-state index is 12.9. The number of benzene rings is 1. The van der Waals surface area contributed by atoms with Crippen LogP contribution >= 0.6 is 0 Å². The number of carbonyl (C=O) groups excluding carboxylic acids is 4. The number of aromatic hydroxyl groups is 1. The molecule has 11 N–H and O–H groups in total. The van der Waals surface area contributed by atoms with E-state index in [0.29, 0.717) is 5.56 Å². The van der Waals surface area contributed by atoms with Crippen LogP contribution in [0.4, 0.5) is 0 Å². The Morgan fingerprint density at radius 1 is 0.659 bits per heavy atom. The predicted octanol–water partition coefficient (Wildman–Crippen LogP) is -2.49. The third-order valence-corrected chi connectivity index (χ3v) is 6.04. The van der Waals surface area contributed by atoms with Crippen molar-refractivity contribution >= 4 is 47.5 Å². The van der Waals surface area contributed by atoms with Gasteiger partial charge in [0.05, 0.1) is 12.5 Å². The summed E-state index contributed by atoms with van der Waals surface area (Å²) < 4.78 is 0. The first-order valence-corrected chi connectivity index (χ1v) is 13.1. The minimum atomic E-state index is -1.73. The molecule has 0 aromatic heterocycles. The second kappa shape index (κ2) is 17.6. The van der Waals surface area contributed by atoms with Crippen LogP contribution < -0.4 is 27.0 Å². The molecule has 0 radical (unpaired) electrons. The maximum absolute atomic E-state index is 12.9. The van der Waals surface area contributed by atoms with Crippen molar-refractivity contribution in [3.05, 3.63) is 29.8 Å². The highest BCUT2D eigenvalue weighted by molar-refractivity contribution is 5.96. The minimum absolute atomic E-state index is 0.0710. The highest BCUT2D eigenvalue weighted by Crippen LogP contribution is 2.12. The molecule has 0 heterocycles. The fraction of sp³-hybridized carbons (Fsp3) is 0.462. The lowest BCUT2D eigenvalue weighted by molar-refractivity contribution is -0.143. The molecule has 1 rings (SSSR count). The number of hydrogen-bond acceptors (Lipinski definition) is 10. The highest BCUT2D eigenvalue weighted by atomic mass is 16.4. The summed E-state index contributed by atoms with van der Waals surface area (Å²) in [6.45, 7) is 1.14. The zero-order valence-electron chi connectivity index (χ0n) is 23.5. The van der Waals surface area contributed by atoms with Crippen LogP contribution in [0.2, 0.25) is 0 Å². The largest absolute Gasteiger partial charge is 0.508 e. The number of phenols is 1. The summed E-state index contributed by atoms with van der Waals surface area (Å²) in [4.78, 5) is 95.6. The van der Waals surface area contributed by atoms with E-state index in [9.17, 15) is 48.6 Å². The van der Waals surface area contributed by atoms with Gasteiger partial charge in [0.25, 0.3) is 0 Å². The molecule has 44 heavy (non-hydrogen) atoms. The van der Waals surface area contributed by atoms with E-state index in [1.54, 1.807) is 0 Å². The van der Waals surface area contributed by atoms with E-state index in [4.69, 9.17) is 21.1 Å². The molecule has 0 spiro atoms. The Morgan fingerprint density at radius 2 is 1.16 bits per heavy atom. The number of nitrogens with one attached hydrogen (secondary N) is 4. The molecule has 18 nitrogen and oxygen atoms in total. The monoisotopic (exact) mass is 625 g/mol. The Bertz CT molecular complexity index is 1240. The number of carboxylic acids is 4. The van der Waals surface area contributed by atoms with E-state index < -0.39 is 103 Å². The first kappa shape index (κ1) is 36.8. The van der Waals surface area contributed by atoms with Gasteiger partial charge in [-0.05, 0) is 37.5 Å². The number of hydrogen-bond donors (Lipinski definition) is 10. The van der Waals surface area contributed by atoms with Gasteiger partial charge in [-0.3, -0.25) is 33.6 Å². The molecule has 0 aliphatic heterocycles. The first-order valence-electron chi connectivity index (χ1n) is 13.1. The van der Waals surface area contributed by atoms with Crippen LogP contribution in [0.1, 0.15) is 44.6 Å². The molecule has 0 unspecified atom stereocenters. The lowest BCUT2D eigenvalue weighted by Crippen LogP contribution is -2.58. The van der Waals surface area contributed by atoms with Gasteiger partial charge in [-0.25, -0.2) is 4.79 Å². The summed E-state index contributed by atoms with van der Waals surface area (Å²) in [7, 11) is 0. The van der Waals surface area contributed by atoms with Crippen molar-refractivity contribution in [2.24, 2.45) is 5.73 Å². The molecule has 242 valence electrons. The Hall–Kier alpha value is -5.26. The van der Waals surface area contributed by atoms with Gasteiger partial charge in [-0.2, -0.15) is 0 Å². The highest BCUT2D eigenvalue weighted by Gasteiger charge is 2.31.